The quantitative estimate of drug-likeness (QED) is 0.522. The molecule has 3 heteroatoms. The van der Waals surface area contributed by atoms with Gasteiger partial charge in [0.2, 0.25) is 0 Å². The lowest BCUT2D eigenvalue weighted by Gasteiger charge is -2.01. The number of carbonyl (C=O) groups is 1. The normalized spacial score (nSPS) is 34.6. The molecule has 1 aliphatic heterocycles. The first-order chi connectivity index (χ1) is 5.31. The minimum atomic E-state index is -0.0710. The molecule has 0 spiro atoms. The van der Waals surface area contributed by atoms with Crippen LogP contribution < -0.4 is 0 Å². The molecule has 2 unspecified atom stereocenters. The van der Waals surface area contributed by atoms with Crippen molar-refractivity contribution in [1.29, 1.82) is 0 Å². The van der Waals surface area contributed by atoms with Crippen molar-refractivity contribution in [2.24, 2.45) is 11.8 Å². The summed E-state index contributed by atoms with van der Waals surface area (Å²) in [5.41, 5.74) is 0. The van der Waals surface area contributed by atoms with Gasteiger partial charge in [-0.05, 0) is 6.08 Å². The number of hydrogen-bond donors (Lipinski definition) is 0. The summed E-state index contributed by atoms with van der Waals surface area (Å²) in [7, 11) is 1.64. The molecule has 1 fully saturated rings. The van der Waals surface area contributed by atoms with E-state index in [9.17, 15) is 4.79 Å². The highest BCUT2D eigenvalue weighted by Gasteiger charge is 2.40. The Balaban J connectivity index is 2.14. The fraction of sp³-hybridized carbons (Fsp3) is 0.625. The molecule has 1 heterocycles. The lowest BCUT2D eigenvalue weighted by Crippen LogP contribution is -2.09. The Morgan fingerprint density at radius 3 is 3.18 bits per heavy atom. The van der Waals surface area contributed by atoms with E-state index in [0.717, 1.165) is 12.2 Å². The summed E-state index contributed by atoms with van der Waals surface area (Å²) in [6.07, 6.45) is 2.72. The van der Waals surface area contributed by atoms with Crippen molar-refractivity contribution in [3.05, 3.63) is 11.8 Å². The third kappa shape index (κ3) is 0.914. The van der Waals surface area contributed by atoms with Crippen LogP contribution in [0, 0.1) is 11.8 Å². The molecule has 3 nitrogen and oxygen atoms in total. The summed E-state index contributed by atoms with van der Waals surface area (Å²) in [6.45, 7) is 0.538. The van der Waals surface area contributed by atoms with Gasteiger partial charge >= 0.3 is 5.97 Å². The van der Waals surface area contributed by atoms with Gasteiger partial charge in [-0.15, -0.1) is 0 Å². The SMILES string of the molecule is COC1=CC2COC(=O)C2C1. The molecule has 0 N–H and O–H groups in total. The smallest absolute Gasteiger partial charge is 0.310 e. The second-order valence-electron chi connectivity index (χ2n) is 2.94. The van der Waals surface area contributed by atoms with Gasteiger partial charge in [0, 0.05) is 12.3 Å². The topological polar surface area (TPSA) is 35.5 Å². The van der Waals surface area contributed by atoms with E-state index in [2.05, 4.69) is 0 Å². The molecule has 1 aliphatic carbocycles. The summed E-state index contributed by atoms with van der Waals surface area (Å²) in [5.74, 6) is 1.18. The summed E-state index contributed by atoms with van der Waals surface area (Å²) < 4.78 is 9.92. The van der Waals surface area contributed by atoms with Gasteiger partial charge in [-0.2, -0.15) is 0 Å². The van der Waals surface area contributed by atoms with Crippen molar-refractivity contribution in [2.45, 2.75) is 6.42 Å². The predicted molar refractivity (Wildman–Crippen MR) is 37.6 cm³/mol. The lowest BCUT2D eigenvalue weighted by atomic mass is 10.00. The highest BCUT2D eigenvalue weighted by Crippen LogP contribution is 2.36. The van der Waals surface area contributed by atoms with E-state index in [1.54, 1.807) is 7.11 Å². The van der Waals surface area contributed by atoms with Crippen LogP contribution in [0.1, 0.15) is 6.42 Å². The van der Waals surface area contributed by atoms with Gasteiger partial charge in [-0.3, -0.25) is 4.79 Å². The first-order valence-corrected chi connectivity index (χ1v) is 3.72. The highest BCUT2D eigenvalue weighted by molar-refractivity contribution is 5.76. The monoisotopic (exact) mass is 154 g/mol. The van der Waals surface area contributed by atoms with Crippen LogP contribution in [0.4, 0.5) is 0 Å². The second-order valence-corrected chi connectivity index (χ2v) is 2.94. The molecule has 0 aromatic heterocycles. The zero-order valence-corrected chi connectivity index (χ0v) is 6.37. The molecule has 0 bridgehead atoms. The third-order valence-electron chi connectivity index (χ3n) is 2.32. The Bertz CT molecular complexity index is 219. The fourth-order valence-electron chi connectivity index (χ4n) is 1.65. The molecular weight excluding hydrogens is 144 g/mol. The van der Waals surface area contributed by atoms with E-state index in [-0.39, 0.29) is 17.8 Å². The van der Waals surface area contributed by atoms with Crippen LogP contribution in [0.5, 0.6) is 0 Å². The van der Waals surface area contributed by atoms with Crippen LogP contribution >= 0.6 is 0 Å². The van der Waals surface area contributed by atoms with Crippen molar-refractivity contribution in [3.63, 3.8) is 0 Å². The molecule has 60 valence electrons. The minimum absolute atomic E-state index is 0.0462. The van der Waals surface area contributed by atoms with Crippen molar-refractivity contribution in [2.75, 3.05) is 13.7 Å². The van der Waals surface area contributed by atoms with Crippen molar-refractivity contribution >= 4 is 5.97 Å². The van der Waals surface area contributed by atoms with Gasteiger partial charge in [0.1, 0.15) is 0 Å². The van der Waals surface area contributed by atoms with Crippen LogP contribution in [0.25, 0.3) is 0 Å². The van der Waals surface area contributed by atoms with Crippen LogP contribution in [0.2, 0.25) is 0 Å². The zero-order chi connectivity index (χ0) is 7.84. The lowest BCUT2D eigenvalue weighted by molar-refractivity contribution is -0.141. The Labute approximate surface area is 65.0 Å². The Morgan fingerprint density at radius 1 is 1.73 bits per heavy atom. The van der Waals surface area contributed by atoms with Gasteiger partial charge in [-0.25, -0.2) is 0 Å². The van der Waals surface area contributed by atoms with Crippen LogP contribution in [0.15, 0.2) is 11.8 Å². The molecule has 1 saturated heterocycles. The molecule has 0 aromatic carbocycles. The molecule has 2 rings (SSSR count). The number of ether oxygens (including phenoxy) is 2. The van der Waals surface area contributed by atoms with Gasteiger partial charge in [0.25, 0.3) is 0 Å². The van der Waals surface area contributed by atoms with Gasteiger partial charge in [-0.1, -0.05) is 0 Å². The van der Waals surface area contributed by atoms with Crippen molar-refractivity contribution in [3.8, 4) is 0 Å². The van der Waals surface area contributed by atoms with Crippen LogP contribution in [-0.2, 0) is 14.3 Å². The Hall–Kier alpha value is -0.990. The number of cyclic esters (lactones) is 1. The minimum Gasteiger partial charge on any atom is -0.501 e. The van der Waals surface area contributed by atoms with E-state index in [1.165, 1.54) is 0 Å². The number of carbonyl (C=O) groups excluding carboxylic acids is 1. The summed E-state index contributed by atoms with van der Waals surface area (Å²) in [6, 6.07) is 0. The molecule has 0 aromatic rings. The zero-order valence-electron chi connectivity index (χ0n) is 6.37. The first kappa shape index (κ1) is 6.70. The number of methoxy groups -OCH3 is 1. The Kier molecular flexibility index (Phi) is 1.37. The summed E-state index contributed by atoms with van der Waals surface area (Å²) >= 11 is 0. The fourth-order valence-corrected chi connectivity index (χ4v) is 1.65. The largest absolute Gasteiger partial charge is 0.501 e. The second kappa shape index (κ2) is 2.26. The number of allylic oxidation sites excluding steroid dienone is 1. The maximum Gasteiger partial charge on any atom is 0.310 e. The van der Waals surface area contributed by atoms with E-state index in [0.29, 0.717) is 6.61 Å². The van der Waals surface area contributed by atoms with Crippen molar-refractivity contribution < 1.29 is 14.3 Å². The number of rotatable bonds is 1. The van der Waals surface area contributed by atoms with Gasteiger partial charge in [0.15, 0.2) is 0 Å². The molecule has 11 heavy (non-hydrogen) atoms. The van der Waals surface area contributed by atoms with Gasteiger partial charge in [0.05, 0.1) is 25.4 Å². The summed E-state index contributed by atoms with van der Waals surface area (Å²) in [4.78, 5) is 11.0. The van der Waals surface area contributed by atoms with Crippen molar-refractivity contribution in [1.82, 2.24) is 0 Å². The van der Waals surface area contributed by atoms with E-state index >= 15 is 0 Å². The average Bonchev–Trinajstić information content (AvgIpc) is 2.53. The molecule has 0 saturated carbocycles. The predicted octanol–water partition coefficient (Wildman–Crippen LogP) is 0.710. The molecule has 2 atom stereocenters. The maximum atomic E-state index is 11.0. The molecule has 0 radical (unpaired) electrons. The van der Waals surface area contributed by atoms with E-state index in [4.69, 9.17) is 9.47 Å². The van der Waals surface area contributed by atoms with Crippen LogP contribution in [-0.4, -0.2) is 19.7 Å². The standard InChI is InChI=1S/C8H10O3/c1-10-6-2-5-4-11-8(9)7(5)3-6/h2,5,7H,3-4H2,1H3. The third-order valence-corrected chi connectivity index (χ3v) is 2.32. The van der Waals surface area contributed by atoms with E-state index in [1.807, 2.05) is 6.08 Å². The van der Waals surface area contributed by atoms with Crippen LogP contribution in [0.3, 0.4) is 0 Å². The molecule has 0 amide bonds. The van der Waals surface area contributed by atoms with E-state index < -0.39 is 0 Å². The number of hydrogen-bond acceptors (Lipinski definition) is 3. The first-order valence-electron chi connectivity index (χ1n) is 3.72. The maximum absolute atomic E-state index is 11.0. The molecular formula is C8H10O3. The number of fused-ring (bicyclic) bond motifs is 1. The number of esters is 1. The van der Waals surface area contributed by atoms with Gasteiger partial charge < -0.3 is 9.47 Å². The molecule has 2 aliphatic rings. The Morgan fingerprint density at radius 2 is 2.55 bits per heavy atom. The highest BCUT2D eigenvalue weighted by atomic mass is 16.5. The summed E-state index contributed by atoms with van der Waals surface area (Å²) in [5, 5.41) is 0. The average molecular weight is 154 g/mol.